The van der Waals surface area contributed by atoms with Crippen molar-refractivity contribution in [3.8, 4) is 0 Å². The van der Waals surface area contributed by atoms with Gasteiger partial charge in [0.1, 0.15) is 29.1 Å². The van der Waals surface area contributed by atoms with E-state index < -0.39 is 52.0 Å². The minimum atomic E-state index is -4.35. The van der Waals surface area contributed by atoms with Crippen molar-refractivity contribution >= 4 is 27.7 Å². The summed E-state index contributed by atoms with van der Waals surface area (Å²) in [7, 11) is -4.35. The summed E-state index contributed by atoms with van der Waals surface area (Å²) < 4.78 is 61.2. The van der Waals surface area contributed by atoms with Gasteiger partial charge in [0.2, 0.25) is 11.8 Å². The number of carbonyl (C=O) groups excluding carboxylic acids is 3. The maximum absolute atomic E-state index is 15.2. The minimum Gasteiger partial charge on any atom is -0.376 e. The maximum atomic E-state index is 15.2. The molecule has 0 saturated carbocycles. The molecule has 0 aromatic heterocycles. The number of nitrogens with one attached hydrogen (secondary N) is 1. The van der Waals surface area contributed by atoms with Crippen molar-refractivity contribution in [1.29, 1.82) is 0 Å². The molecule has 3 aromatic rings. The molecule has 0 bridgehead atoms. The van der Waals surface area contributed by atoms with Crippen molar-refractivity contribution < 1.29 is 36.3 Å². The molecule has 2 aliphatic rings. The number of ether oxygens (including phenoxy) is 1. The van der Waals surface area contributed by atoms with Gasteiger partial charge in [0.15, 0.2) is 0 Å². The molecular formula is C29H27F2N3O6S. The van der Waals surface area contributed by atoms with E-state index >= 15 is 4.39 Å². The van der Waals surface area contributed by atoms with Crippen LogP contribution in [0.4, 0.5) is 8.78 Å². The number of carbonyl (C=O) groups is 3. The average molecular weight is 584 g/mol. The van der Waals surface area contributed by atoms with E-state index in [0.717, 1.165) is 23.8 Å². The number of benzene rings is 3. The van der Waals surface area contributed by atoms with E-state index in [9.17, 15) is 27.2 Å². The van der Waals surface area contributed by atoms with Crippen LogP contribution in [0.5, 0.6) is 0 Å². The van der Waals surface area contributed by atoms with Gasteiger partial charge < -0.3 is 15.0 Å². The van der Waals surface area contributed by atoms with Crippen LogP contribution in [0.3, 0.4) is 0 Å². The Hall–Kier alpha value is -4.16. The van der Waals surface area contributed by atoms with Crippen LogP contribution in [0.25, 0.3) is 0 Å². The van der Waals surface area contributed by atoms with E-state index in [1.54, 1.807) is 0 Å². The molecule has 0 aliphatic carbocycles. The smallest absolute Gasteiger partial charge is 0.269 e. The van der Waals surface area contributed by atoms with E-state index in [2.05, 4.69) is 5.32 Å². The number of fused-ring (bicyclic) bond motifs is 1. The van der Waals surface area contributed by atoms with Crippen LogP contribution < -0.4 is 5.32 Å². The molecule has 3 aromatic carbocycles. The largest absolute Gasteiger partial charge is 0.376 e. The first kappa shape index (κ1) is 28.4. The third-order valence-corrected chi connectivity index (χ3v) is 8.85. The van der Waals surface area contributed by atoms with Crippen molar-refractivity contribution in [2.24, 2.45) is 0 Å². The Morgan fingerprint density at radius 2 is 1.73 bits per heavy atom. The Morgan fingerprint density at radius 1 is 1.02 bits per heavy atom. The van der Waals surface area contributed by atoms with Crippen LogP contribution >= 0.6 is 0 Å². The van der Waals surface area contributed by atoms with E-state index in [1.807, 2.05) is 0 Å². The van der Waals surface area contributed by atoms with Crippen LogP contribution in [-0.4, -0.2) is 61.1 Å². The minimum absolute atomic E-state index is 0.0784. The first-order valence-corrected chi connectivity index (χ1v) is 14.4. The molecule has 2 heterocycles. The van der Waals surface area contributed by atoms with Gasteiger partial charge in [-0.05, 0) is 48.7 Å². The van der Waals surface area contributed by atoms with E-state index in [1.165, 1.54) is 66.7 Å². The summed E-state index contributed by atoms with van der Waals surface area (Å²) in [5.41, 5.74) is 0.184. The highest BCUT2D eigenvalue weighted by Crippen LogP contribution is 2.32. The maximum Gasteiger partial charge on any atom is 0.269 e. The van der Waals surface area contributed by atoms with Gasteiger partial charge in [0, 0.05) is 25.3 Å². The van der Waals surface area contributed by atoms with Crippen LogP contribution in [0.2, 0.25) is 0 Å². The van der Waals surface area contributed by atoms with Crippen molar-refractivity contribution in [3.63, 3.8) is 0 Å². The normalized spacial score (nSPS) is 18.1. The Labute approximate surface area is 235 Å². The second kappa shape index (κ2) is 11.8. The zero-order valence-electron chi connectivity index (χ0n) is 21.8. The molecule has 0 unspecified atom stereocenters. The number of hydrogen-bond acceptors (Lipinski definition) is 6. The topological polar surface area (TPSA) is 113 Å². The number of halogens is 2. The summed E-state index contributed by atoms with van der Waals surface area (Å²) in [5, 5.41) is 2.73. The Balaban J connectivity index is 1.52. The fraction of sp³-hybridized carbons (Fsp3) is 0.276. The third kappa shape index (κ3) is 5.84. The van der Waals surface area contributed by atoms with E-state index in [0.29, 0.717) is 16.5 Å². The summed E-state index contributed by atoms with van der Waals surface area (Å²) in [5.74, 6) is -3.84. The Kier molecular flexibility index (Phi) is 8.13. The highest BCUT2D eigenvalue weighted by Gasteiger charge is 2.44. The number of hydrogen-bond donors (Lipinski definition) is 1. The molecule has 214 valence electrons. The lowest BCUT2D eigenvalue weighted by molar-refractivity contribution is -0.141. The van der Waals surface area contributed by atoms with Crippen LogP contribution in [0.15, 0.2) is 77.7 Å². The molecule has 9 nitrogen and oxygen atoms in total. The molecule has 41 heavy (non-hydrogen) atoms. The fourth-order valence-corrected chi connectivity index (χ4v) is 6.49. The molecular weight excluding hydrogens is 556 g/mol. The predicted octanol–water partition coefficient (Wildman–Crippen LogP) is 3.17. The molecule has 1 saturated heterocycles. The predicted molar refractivity (Wildman–Crippen MR) is 143 cm³/mol. The highest BCUT2D eigenvalue weighted by atomic mass is 32.2. The lowest BCUT2D eigenvalue weighted by atomic mass is 10.0. The molecule has 1 fully saturated rings. The summed E-state index contributed by atoms with van der Waals surface area (Å²) in [6.07, 6.45) is 1.30. The monoisotopic (exact) mass is 583 g/mol. The molecule has 5 rings (SSSR count). The fourth-order valence-electron chi connectivity index (χ4n) is 4.97. The zero-order chi connectivity index (χ0) is 29.1. The van der Waals surface area contributed by atoms with Crippen molar-refractivity contribution in [2.45, 2.75) is 36.4 Å². The summed E-state index contributed by atoms with van der Waals surface area (Å²) in [4.78, 5) is 41.4. The van der Waals surface area contributed by atoms with Gasteiger partial charge in [-0.1, -0.05) is 42.5 Å². The van der Waals surface area contributed by atoms with Gasteiger partial charge in [0.25, 0.3) is 15.9 Å². The Morgan fingerprint density at radius 3 is 2.41 bits per heavy atom. The number of amides is 3. The summed E-state index contributed by atoms with van der Waals surface area (Å²) >= 11 is 0. The standard InChI is InChI=1S/C29H27F2N3O6S/c30-20-13-11-19(12-14-20)17-33(26(35)18-34-29(37)23-8-2-4-10-25(23)41(34,38)39)27(22-7-1-3-9-24(22)31)28(36)32-16-21-6-5-15-40-21/h1-4,7-14,21,27H,5-6,15-18H2,(H,32,36)/t21-,27+/m0/s1. The second-order valence-corrected chi connectivity index (χ2v) is 11.6. The van der Waals surface area contributed by atoms with Gasteiger partial charge in [0.05, 0.1) is 11.7 Å². The van der Waals surface area contributed by atoms with E-state index in [4.69, 9.17) is 4.74 Å². The quantitative estimate of drug-likeness (QED) is 0.414. The van der Waals surface area contributed by atoms with Crippen LogP contribution in [-0.2, 0) is 30.9 Å². The molecule has 3 amide bonds. The highest BCUT2D eigenvalue weighted by molar-refractivity contribution is 7.90. The van der Waals surface area contributed by atoms with Crippen molar-refractivity contribution in [3.05, 3.63) is 101 Å². The average Bonchev–Trinajstić information content (AvgIpc) is 3.55. The molecule has 2 atom stereocenters. The number of nitrogens with zero attached hydrogens (tertiary/aromatic N) is 2. The van der Waals surface area contributed by atoms with Gasteiger partial charge in [-0.25, -0.2) is 21.5 Å². The molecule has 1 N–H and O–H groups in total. The Bertz CT molecular complexity index is 1580. The number of sulfonamides is 1. The summed E-state index contributed by atoms with van der Waals surface area (Å²) in [6.45, 7) is -0.564. The lowest BCUT2D eigenvalue weighted by Crippen LogP contribution is -2.49. The van der Waals surface area contributed by atoms with E-state index in [-0.39, 0.29) is 35.2 Å². The zero-order valence-corrected chi connectivity index (χ0v) is 22.7. The molecule has 12 heteroatoms. The molecule has 0 radical (unpaired) electrons. The second-order valence-electron chi connectivity index (χ2n) is 9.77. The number of rotatable bonds is 9. The van der Waals surface area contributed by atoms with Crippen molar-refractivity contribution in [2.75, 3.05) is 19.7 Å². The first-order valence-electron chi connectivity index (χ1n) is 13.0. The van der Waals surface area contributed by atoms with Gasteiger partial charge >= 0.3 is 0 Å². The lowest BCUT2D eigenvalue weighted by Gasteiger charge is -2.33. The SMILES string of the molecule is O=C(NC[C@@H]1CCCO1)[C@@H](c1ccccc1F)N(Cc1ccc(F)cc1)C(=O)CN1C(=O)c2ccccc2S1(=O)=O. The van der Waals surface area contributed by atoms with Gasteiger partial charge in [-0.3, -0.25) is 14.4 Å². The van der Waals surface area contributed by atoms with Crippen molar-refractivity contribution in [1.82, 2.24) is 14.5 Å². The molecule has 2 aliphatic heterocycles. The first-order chi connectivity index (χ1) is 19.7. The third-order valence-electron chi connectivity index (χ3n) is 7.07. The van der Waals surface area contributed by atoms with Crippen LogP contribution in [0, 0.1) is 11.6 Å². The summed E-state index contributed by atoms with van der Waals surface area (Å²) in [6, 6.07) is 14.6. The molecule has 0 spiro atoms. The van der Waals surface area contributed by atoms with Gasteiger partial charge in [-0.2, -0.15) is 0 Å². The van der Waals surface area contributed by atoms with Gasteiger partial charge in [-0.15, -0.1) is 0 Å². The van der Waals surface area contributed by atoms with Crippen LogP contribution in [0.1, 0.15) is 40.4 Å².